The monoisotopic (exact) mass is 271 g/mol. The summed E-state index contributed by atoms with van der Waals surface area (Å²) in [6, 6.07) is 0. The van der Waals surface area contributed by atoms with Gasteiger partial charge in [0, 0.05) is 44.6 Å². The second-order valence-corrected chi connectivity index (χ2v) is 5.59. The molecule has 0 unspecified atom stereocenters. The number of amides is 2. The van der Waals surface area contributed by atoms with Crippen LogP contribution in [0.5, 0.6) is 0 Å². The minimum atomic E-state index is -0.0101. The van der Waals surface area contributed by atoms with Crippen LogP contribution in [0.1, 0.15) is 47.5 Å². The number of carbonyl (C=O) groups is 2. The molecule has 0 spiro atoms. The predicted octanol–water partition coefficient (Wildman–Crippen LogP) is 1.14. The Morgan fingerprint density at radius 3 is 2.05 bits per heavy atom. The van der Waals surface area contributed by atoms with Crippen molar-refractivity contribution >= 4 is 11.8 Å². The van der Waals surface area contributed by atoms with E-state index in [9.17, 15) is 9.59 Å². The van der Waals surface area contributed by atoms with Gasteiger partial charge >= 0.3 is 0 Å². The van der Waals surface area contributed by atoms with Crippen molar-refractivity contribution in [2.24, 2.45) is 0 Å². The number of rotatable bonds is 8. The first-order valence-electron chi connectivity index (χ1n) is 7.09. The highest BCUT2D eigenvalue weighted by atomic mass is 16.2. The number of nitrogens with one attached hydrogen (secondary N) is 2. The summed E-state index contributed by atoms with van der Waals surface area (Å²) in [6.07, 6.45) is 0.816. The molecule has 19 heavy (non-hydrogen) atoms. The molecule has 0 saturated heterocycles. The van der Waals surface area contributed by atoms with E-state index in [0.29, 0.717) is 25.9 Å². The maximum atomic E-state index is 11.7. The normalized spacial score (nSPS) is 11.2. The fraction of sp³-hybridized carbons (Fsp3) is 0.857. The van der Waals surface area contributed by atoms with Crippen LogP contribution < -0.4 is 10.6 Å². The van der Waals surface area contributed by atoms with Crippen molar-refractivity contribution in [3.63, 3.8) is 0 Å². The summed E-state index contributed by atoms with van der Waals surface area (Å²) in [6.45, 7) is 12.6. The molecule has 0 heterocycles. The minimum absolute atomic E-state index is 0.0101. The molecule has 0 fully saturated rings. The highest BCUT2D eigenvalue weighted by molar-refractivity contribution is 5.79. The van der Waals surface area contributed by atoms with E-state index in [2.05, 4.69) is 31.4 Å². The average Bonchev–Trinajstić information content (AvgIpc) is 2.28. The van der Waals surface area contributed by atoms with Gasteiger partial charge in [-0.15, -0.1) is 0 Å². The molecule has 0 aromatic heterocycles. The van der Waals surface area contributed by atoms with Crippen LogP contribution in [0.15, 0.2) is 0 Å². The first-order chi connectivity index (χ1) is 8.80. The van der Waals surface area contributed by atoms with Crippen LogP contribution in [0.3, 0.4) is 0 Å². The quantitative estimate of drug-likeness (QED) is 0.696. The van der Waals surface area contributed by atoms with Gasteiger partial charge in [0.15, 0.2) is 0 Å². The highest BCUT2D eigenvalue weighted by Gasteiger charge is 2.11. The van der Waals surface area contributed by atoms with Gasteiger partial charge in [-0.05, 0) is 34.6 Å². The van der Waals surface area contributed by atoms with Crippen molar-refractivity contribution in [1.29, 1.82) is 0 Å². The predicted molar refractivity (Wildman–Crippen MR) is 77.9 cm³/mol. The number of nitrogens with zero attached hydrogens (tertiary/aromatic N) is 1. The summed E-state index contributed by atoms with van der Waals surface area (Å²) >= 11 is 0. The third-order valence-corrected chi connectivity index (χ3v) is 2.78. The summed E-state index contributed by atoms with van der Waals surface area (Å²) < 4.78 is 0. The molecule has 0 aromatic carbocycles. The Bertz CT molecular complexity index is 281. The van der Waals surface area contributed by atoms with Crippen molar-refractivity contribution in [3.8, 4) is 0 Å². The molecular weight excluding hydrogens is 242 g/mol. The molecule has 0 rings (SSSR count). The van der Waals surface area contributed by atoms with Gasteiger partial charge in [0.05, 0.1) is 0 Å². The molecule has 5 nitrogen and oxygen atoms in total. The zero-order valence-electron chi connectivity index (χ0n) is 13.0. The van der Waals surface area contributed by atoms with Gasteiger partial charge in [0.25, 0.3) is 0 Å². The molecule has 5 heteroatoms. The van der Waals surface area contributed by atoms with Crippen LogP contribution in [0.4, 0.5) is 0 Å². The molecule has 0 atom stereocenters. The highest BCUT2D eigenvalue weighted by Crippen LogP contribution is 1.98. The lowest BCUT2D eigenvalue weighted by Gasteiger charge is -2.20. The van der Waals surface area contributed by atoms with Crippen molar-refractivity contribution in [2.75, 3.05) is 26.2 Å². The number of carbonyl (C=O) groups excluding carboxylic acids is 2. The van der Waals surface area contributed by atoms with Crippen LogP contribution >= 0.6 is 0 Å². The lowest BCUT2D eigenvalue weighted by atomic mass is 10.1. The van der Waals surface area contributed by atoms with Gasteiger partial charge in [-0.2, -0.15) is 0 Å². The van der Waals surface area contributed by atoms with Crippen LogP contribution in [-0.4, -0.2) is 48.4 Å². The van der Waals surface area contributed by atoms with Crippen molar-refractivity contribution in [3.05, 3.63) is 0 Å². The van der Waals surface area contributed by atoms with Gasteiger partial charge in [-0.1, -0.05) is 0 Å². The van der Waals surface area contributed by atoms with E-state index in [1.54, 1.807) is 4.90 Å². The Hall–Kier alpha value is -1.10. The maximum absolute atomic E-state index is 11.7. The number of hydrogen-bond donors (Lipinski definition) is 2. The van der Waals surface area contributed by atoms with E-state index in [1.165, 1.54) is 0 Å². The Balaban J connectivity index is 3.72. The molecule has 112 valence electrons. The van der Waals surface area contributed by atoms with E-state index in [-0.39, 0.29) is 17.4 Å². The van der Waals surface area contributed by atoms with Crippen LogP contribution in [0.2, 0.25) is 0 Å². The van der Waals surface area contributed by atoms with Gasteiger partial charge in [-0.25, -0.2) is 0 Å². The van der Waals surface area contributed by atoms with Gasteiger partial charge in [-0.3, -0.25) is 9.59 Å². The molecule has 0 aliphatic carbocycles. The van der Waals surface area contributed by atoms with E-state index in [4.69, 9.17) is 0 Å². The Labute approximate surface area is 117 Å². The lowest BCUT2D eigenvalue weighted by molar-refractivity contribution is -0.130. The zero-order valence-corrected chi connectivity index (χ0v) is 13.0. The van der Waals surface area contributed by atoms with Crippen molar-refractivity contribution in [1.82, 2.24) is 15.5 Å². The molecule has 0 bridgehead atoms. The average molecular weight is 271 g/mol. The topological polar surface area (TPSA) is 61.4 Å². The second kappa shape index (κ2) is 8.91. The van der Waals surface area contributed by atoms with E-state index >= 15 is 0 Å². The first kappa shape index (κ1) is 17.9. The SMILES string of the molecule is CCN(CC)C(=O)CCNC(=O)CCNC(C)(C)C. The standard InChI is InChI=1S/C14H29N3O2/c1-6-17(7-2)13(19)9-10-15-12(18)8-11-16-14(3,4)5/h16H,6-11H2,1-5H3,(H,15,18). The van der Waals surface area contributed by atoms with Crippen molar-refractivity contribution < 1.29 is 9.59 Å². The zero-order chi connectivity index (χ0) is 14.9. The Kier molecular flexibility index (Phi) is 8.39. The van der Waals surface area contributed by atoms with Gasteiger partial charge in [0.1, 0.15) is 0 Å². The van der Waals surface area contributed by atoms with E-state index in [0.717, 1.165) is 13.1 Å². The molecular formula is C14H29N3O2. The molecule has 0 saturated carbocycles. The molecule has 2 amide bonds. The van der Waals surface area contributed by atoms with Crippen LogP contribution in [0.25, 0.3) is 0 Å². The van der Waals surface area contributed by atoms with Gasteiger partial charge < -0.3 is 15.5 Å². The van der Waals surface area contributed by atoms with Crippen LogP contribution in [-0.2, 0) is 9.59 Å². The summed E-state index contributed by atoms with van der Waals surface area (Å²) in [5.74, 6) is 0.0854. The first-order valence-corrected chi connectivity index (χ1v) is 7.09. The smallest absolute Gasteiger partial charge is 0.224 e. The summed E-state index contributed by atoms with van der Waals surface area (Å²) in [5, 5.41) is 6.03. The molecule has 2 N–H and O–H groups in total. The fourth-order valence-corrected chi connectivity index (χ4v) is 1.68. The minimum Gasteiger partial charge on any atom is -0.356 e. The summed E-state index contributed by atoms with van der Waals surface area (Å²) in [5.41, 5.74) is 0.0268. The van der Waals surface area contributed by atoms with Crippen LogP contribution in [0, 0.1) is 0 Å². The van der Waals surface area contributed by atoms with E-state index < -0.39 is 0 Å². The van der Waals surface area contributed by atoms with Gasteiger partial charge in [0.2, 0.25) is 11.8 Å². The largest absolute Gasteiger partial charge is 0.356 e. The van der Waals surface area contributed by atoms with E-state index in [1.807, 2.05) is 13.8 Å². The lowest BCUT2D eigenvalue weighted by Crippen LogP contribution is -2.39. The third kappa shape index (κ3) is 9.47. The number of hydrogen-bond acceptors (Lipinski definition) is 3. The second-order valence-electron chi connectivity index (χ2n) is 5.59. The Morgan fingerprint density at radius 1 is 1.00 bits per heavy atom. The Morgan fingerprint density at radius 2 is 1.58 bits per heavy atom. The molecule has 0 aliphatic heterocycles. The van der Waals surface area contributed by atoms with Crippen molar-refractivity contribution in [2.45, 2.75) is 53.0 Å². The summed E-state index contributed by atoms with van der Waals surface area (Å²) in [7, 11) is 0. The molecule has 0 radical (unpaired) electrons. The molecule has 0 aliphatic rings. The molecule has 0 aromatic rings. The maximum Gasteiger partial charge on any atom is 0.224 e. The fourth-order valence-electron chi connectivity index (χ4n) is 1.68. The summed E-state index contributed by atoms with van der Waals surface area (Å²) in [4.78, 5) is 25.0. The third-order valence-electron chi connectivity index (χ3n) is 2.78.